The molecule has 1 aliphatic rings. The summed E-state index contributed by atoms with van der Waals surface area (Å²) in [5.41, 5.74) is 1.66. The summed E-state index contributed by atoms with van der Waals surface area (Å²) < 4.78 is 5.31. The standard InChI is InChI=1S/C17H29N3OS.HI/c1-3-18-16(19-12-15-6-11-22-13-15)20-14-17(9-10-21-2)7-4-5-8-17;/h6,11,13H,3-5,7-10,12,14H2,1-2H3,(H2,18,19,20);1H. The monoisotopic (exact) mass is 451 g/mol. The first kappa shape index (κ1) is 20.7. The fraction of sp³-hybridized carbons (Fsp3) is 0.706. The van der Waals surface area contributed by atoms with Gasteiger partial charge in [-0.3, -0.25) is 0 Å². The van der Waals surface area contributed by atoms with Crippen LogP contribution in [0, 0.1) is 5.41 Å². The molecule has 4 nitrogen and oxygen atoms in total. The van der Waals surface area contributed by atoms with Crippen molar-refractivity contribution in [3.05, 3.63) is 22.4 Å². The Labute approximate surface area is 161 Å². The van der Waals surface area contributed by atoms with E-state index < -0.39 is 0 Å². The van der Waals surface area contributed by atoms with E-state index in [-0.39, 0.29) is 24.0 Å². The number of thiophene rings is 1. The molecule has 1 heterocycles. The van der Waals surface area contributed by atoms with Crippen LogP contribution in [-0.2, 0) is 11.3 Å². The van der Waals surface area contributed by atoms with E-state index in [4.69, 9.17) is 9.73 Å². The number of methoxy groups -OCH3 is 1. The van der Waals surface area contributed by atoms with E-state index in [1.807, 2.05) is 0 Å². The molecule has 0 radical (unpaired) electrons. The van der Waals surface area contributed by atoms with E-state index in [2.05, 4.69) is 34.4 Å². The number of hydrogen-bond acceptors (Lipinski definition) is 3. The molecule has 23 heavy (non-hydrogen) atoms. The second kappa shape index (κ2) is 11.3. The van der Waals surface area contributed by atoms with E-state index in [1.165, 1.54) is 31.2 Å². The predicted molar refractivity (Wildman–Crippen MR) is 110 cm³/mol. The van der Waals surface area contributed by atoms with Gasteiger partial charge in [0.15, 0.2) is 5.96 Å². The zero-order valence-corrected chi connectivity index (χ0v) is 17.4. The van der Waals surface area contributed by atoms with Gasteiger partial charge in [0.25, 0.3) is 0 Å². The lowest BCUT2D eigenvalue weighted by atomic mass is 9.83. The number of rotatable bonds is 8. The Hall–Kier alpha value is -0.340. The summed E-state index contributed by atoms with van der Waals surface area (Å²) in [6, 6.07) is 2.13. The highest BCUT2D eigenvalue weighted by Crippen LogP contribution is 2.40. The van der Waals surface area contributed by atoms with E-state index in [9.17, 15) is 0 Å². The number of hydrogen-bond donors (Lipinski definition) is 2. The molecule has 0 amide bonds. The lowest BCUT2D eigenvalue weighted by Crippen LogP contribution is -2.43. The van der Waals surface area contributed by atoms with Gasteiger partial charge in [0.2, 0.25) is 0 Å². The first-order valence-electron chi connectivity index (χ1n) is 8.30. The third-order valence-electron chi connectivity index (χ3n) is 4.48. The molecule has 2 rings (SSSR count). The molecule has 1 aliphatic carbocycles. The van der Waals surface area contributed by atoms with Crippen LogP contribution in [0.3, 0.4) is 0 Å². The molecule has 0 aromatic carbocycles. The second-order valence-electron chi connectivity index (χ2n) is 6.13. The number of ether oxygens (including phenoxy) is 1. The van der Waals surface area contributed by atoms with Gasteiger partial charge >= 0.3 is 0 Å². The molecule has 0 spiro atoms. The number of halogens is 1. The van der Waals surface area contributed by atoms with Gasteiger partial charge in [-0.2, -0.15) is 11.3 Å². The van der Waals surface area contributed by atoms with Crippen molar-refractivity contribution in [3.63, 3.8) is 0 Å². The van der Waals surface area contributed by atoms with E-state index in [1.54, 1.807) is 18.4 Å². The molecular weight excluding hydrogens is 421 g/mol. The first-order valence-corrected chi connectivity index (χ1v) is 9.24. The summed E-state index contributed by atoms with van der Waals surface area (Å²) in [6.45, 7) is 5.58. The molecule has 1 aromatic rings. The Morgan fingerprint density at radius 1 is 1.35 bits per heavy atom. The summed E-state index contributed by atoms with van der Waals surface area (Å²) in [4.78, 5) is 4.70. The third-order valence-corrected chi connectivity index (χ3v) is 5.21. The molecule has 0 atom stereocenters. The average Bonchev–Trinajstić information content (AvgIpc) is 3.20. The Morgan fingerprint density at radius 2 is 2.13 bits per heavy atom. The number of nitrogens with one attached hydrogen (secondary N) is 2. The summed E-state index contributed by atoms with van der Waals surface area (Å²) >= 11 is 1.72. The Kier molecular flexibility index (Phi) is 10.1. The van der Waals surface area contributed by atoms with Gasteiger partial charge in [-0.1, -0.05) is 12.8 Å². The van der Waals surface area contributed by atoms with Gasteiger partial charge in [-0.25, -0.2) is 4.99 Å². The lowest BCUT2D eigenvalue weighted by molar-refractivity contribution is 0.138. The van der Waals surface area contributed by atoms with Crippen molar-refractivity contribution in [1.29, 1.82) is 0 Å². The molecular formula is C17H30IN3OS. The van der Waals surface area contributed by atoms with Gasteiger partial charge in [0.1, 0.15) is 0 Å². The van der Waals surface area contributed by atoms with Crippen LogP contribution in [-0.4, -0.2) is 32.8 Å². The van der Waals surface area contributed by atoms with Crippen LogP contribution in [0.2, 0.25) is 0 Å². The lowest BCUT2D eigenvalue weighted by Gasteiger charge is -2.30. The summed E-state index contributed by atoms with van der Waals surface area (Å²) in [6.07, 6.45) is 6.42. The summed E-state index contributed by atoms with van der Waals surface area (Å²) in [7, 11) is 1.79. The van der Waals surface area contributed by atoms with E-state index in [0.717, 1.165) is 38.6 Å². The Bertz CT molecular complexity index is 445. The Balaban J connectivity index is 0.00000264. The average molecular weight is 451 g/mol. The molecule has 1 saturated carbocycles. The molecule has 0 saturated heterocycles. The minimum Gasteiger partial charge on any atom is -0.385 e. The van der Waals surface area contributed by atoms with Crippen LogP contribution < -0.4 is 10.6 Å². The number of aliphatic imine (C=N–C) groups is 1. The highest BCUT2D eigenvalue weighted by Gasteiger charge is 2.33. The van der Waals surface area contributed by atoms with Gasteiger partial charge in [-0.05, 0) is 54.0 Å². The molecule has 0 bridgehead atoms. The SMILES string of the molecule is CCNC(=NCc1ccsc1)NCC1(CCOC)CCCC1.I. The molecule has 1 fully saturated rings. The van der Waals surface area contributed by atoms with Crippen molar-refractivity contribution in [2.24, 2.45) is 10.4 Å². The maximum absolute atomic E-state index is 5.31. The zero-order valence-electron chi connectivity index (χ0n) is 14.3. The second-order valence-corrected chi connectivity index (χ2v) is 6.91. The fourth-order valence-corrected chi connectivity index (χ4v) is 3.78. The van der Waals surface area contributed by atoms with Gasteiger partial charge < -0.3 is 15.4 Å². The number of nitrogens with zero attached hydrogens (tertiary/aromatic N) is 1. The van der Waals surface area contributed by atoms with Crippen molar-refractivity contribution in [3.8, 4) is 0 Å². The van der Waals surface area contributed by atoms with Crippen molar-refractivity contribution < 1.29 is 4.74 Å². The molecule has 132 valence electrons. The van der Waals surface area contributed by atoms with Crippen molar-refractivity contribution >= 4 is 41.3 Å². The van der Waals surface area contributed by atoms with Gasteiger partial charge in [0.05, 0.1) is 6.54 Å². The van der Waals surface area contributed by atoms with Crippen molar-refractivity contribution in [2.75, 3.05) is 26.8 Å². The first-order chi connectivity index (χ1) is 10.8. The molecule has 6 heteroatoms. The smallest absolute Gasteiger partial charge is 0.191 e. The third kappa shape index (κ3) is 6.97. The largest absolute Gasteiger partial charge is 0.385 e. The highest BCUT2D eigenvalue weighted by atomic mass is 127. The molecule has 0 unspecified atom stereocenters. The minimum absolute atomic E-state index is 0. The zero-order chi connectivity index (χ0) is 15.7. The van der Waals surface area contributed by atoms with E-state index >= 15 is 0 Å². The predicted octanol–water partition coefficient (Wildman–Crippen LogP) is 4.02. The maximum Gasteiger partial charge on any atom is 0.191 e. The van der Waals surface area contributed by atoms with Gasteiger partial charge in [-0.15, -0.1) is 24.0 Å². The highest BCUT2D eigenvalue weighted by molar-refractivity contribution is 14.0. The fourth-order valence-electron chi connectivity index (χ4n) is 3.12. The molecule has 1 aromatic heterocycles. The summed E-state index contributed by atoms with van der Waals surface area (Å²) in [5, 5.41) is 11.2. The number of guanidine groups is 1. The van der Waals surface area contributed by atoms with Crippen molar-refractivity contribution in [1.82, 2.24) is 10.6 Å². The molecule has 0 aliphatic heterocycles. The Morgan fingerprint density at radius 3 is 2.74 bits per heavy atom. The van der Waals surface area contributed by atoms with E-state index in [0.29, 0.717) is 5.41 Å². The maximum atomic E-state index is 5.31. The van der Waals surface area contributed by atoms with Crippen molar-refractivity contribution in [2.45, 2.75) is 45.6 Å². The van der Waals surface area contributed by atoms with Crippen LogP contribution >= 0.6 is 35.3 Å². The molecule has 2 N–H and O–H groups in total. The van der Waals surface area contributed by atoms with Crippen LogP contribution in [0.5, 0.6) is 0 Å². The van der Waals surface area contributed by atoms with Gasteiger partial charge in [0, 0.05) is 26.8 Å². The normalized spacial score (nSPS) is 16.9. The van der Waals surface area contributed by atoms with Crippen LogP contribution in [0.25, 0.3) is 0 Å². The van der Waals surface area contributed by atoms with Crippen LogP contribution in [0.4, 0.5) is 0 Å². The van der Waals surface area contributed by atoms with Crippen LogP contribution in [0.15, 0.2) is 21.8 Å². The topological polar surface area (TPSA) is 45.7 Å². The minimum atomic E-state index is 0. The van der Waals surface area contributed by atoms with Crippen LogP contribution in [0.1, 0.15) is 44.6 Å². The quantitative estimate of drug-likeness (QED) is 0.357. The summed E-state index contributed by atoms with van der Waals surface area (Å²) in [5.74, 6) is 0.928.